The van der Waals surface area contributed by atoms with E-state index in [4.69, 9.17) is 4.74 Å². The van der Waals surface area contributed by atoms with Gasteiger partial charge in [0.25, 0.3) is 15.9 Å². The Morgan fingerprint density at radius 2 is 1.83 bits per heavy atom. The number of ether oxygens (including phenoxy) is 1. The van der Waals surface area contributed by atoms with Crippen LogP contribution in [0.15, 0.2) is 51.8 Å². The van der Waals surface area contributed by atoms with Crippen LogP contribution in [0.4, 0.5) is 11.4 Å². The molecule has 0 unspecified atom stereocenters. The molecule has 29 heavy (non-hydrogen) atoms. The molecule has 8 heteroatoms. The molecule has 0 saturated heterocycles. The molecule has 0 aromatic heterocycles. The zero-order valence-corrected chi connectivity index (χ0v) is 18.0. The van der Waals surface area contributed by atoms with Crippen molar-refractivity contribution in [3.63, 3.8) is 0 Å². The Labute approximate surface area is 171 Å². The van der Waals surface area contributed by atoms with Crippen LogP contribution in [0, 0.1) is 5.92 Å². The van der Waals surface area contributed by atoms with Crippen molar-refractivity contribution >= 4 is 33.1 Å². The fraction of sp³-hybridized carbons (Fsp3) is 0.333. The minimum absolute atomic E-state index is 0.0535. The van der Waals surface area contributed by atoms with Crippen molar-refractivity contribution in [2.75, 3.05) is 30.5 Å². The number of amides is 1. The van der Waals surface area contributed by atoms with Crippen molar-refractivity contribution < 1.29 is 17.9 Å². The first kappa shape index (κ1) is 20.9. The topological polar surface area (TPSA) is 79.3 Å². The molecule has 3 rings (SSSR count). The second-order valence-electron chi connectivity index (χ2n) is 7.36. The summed E-state index contributed by atoms with van der Waals surface area (Å²) in [5.41, 5.74) is 1.51. The van der Waals surface area contributed by atoms with Crippen molar-refractivity contribution in [2.45, 2.75) is 25.7 Å². The molecule has 7 nitrogen and oxygen atoms in total. The third kappa shape index (κ3) is 4.12. The Morgan fingerprint density at radius 3 is 2.41 bits per heavy atom. The minimum atomic E-state index is -3.86. The monoisotopic (exact) mass is 415 g/mol. The van der Waals surface area contributed by atoms with Gasteiger partial charge in [-0.25, -0.2) is 0 Å². The van der Waals surface area contributed by atoms with Crippen molar-refractivity contribution in [3.8, 4) is 5.75 Å². The van der Waals surface area contributed by atoms with Crippen LogP contribution in [0.25, 0.3) is 0 Å². The van der Waals surface area contributed by atoms with Gasteiger partial charge in [-0.2, -0.15) is 8.42 Å². The first-order valence-corrected chi connectivity index (χ1v) is 10.7. The molecule has 1 aliphatic heterocycles. The van der Waals surface area contributed by atoms with Gasteiger partial charge in [0.05, 0.1) is 12.8 Å². The maximum absolute atomic E-state index is 13.0. The third-order valence-corrected chi connectivity index (χ3v) is 6.12. The van der Waals surface area contributed by atoms with Crippen LogP contribution in [-0.2, 0) is 10.0 Å². The summed E-state index contributed by atoms with van der Waals surface area (Å²) in [6, 6.07) is 11.8. The number of sulfonamides is 1. The van der Waals surface area contributed by atoms with E-state index >= 15 is 0 Å². The molecule has 2 aromatic carbocycles. The molecule has 0 fully saturated rings. The lowest BCUT2D eigenvalue weighted by Gasteiger charge is -2.31. The second-order valence-corrected chi connectivity index (χ2v) is 8.94. The number of hydrogen-bond donors (Lipinski definition) is 0. The normalized spacial score (nSPS) is 15.0. The van der Waals surface area contributed by atoms with Crippen LogP contribution >= 0.6 is 0 Å². The summed E-state index contributed by atoms with van der Waals surface area (Å²) >= 11 is 0. The van der Waals surface area contributed by atoms with E-state index in [-0.39, 0.29) is 16.4 Å². The molecule has 0 saturated carbocycles. The quantitative estimate of drug-likeness (QED) is 0.746. The SMILES string of the molecule is COc1ccc(N(C)C(=O)c2ccc3c(c2)S(=O)(=O)N=C(C)N3CC(C)C)cc1. The number of hydrogen-bond acceptors (Lipinski definition) is 5. The maximum atomic E-state index is 13.0. The molecular formula is C21H25N3O4S. The fourth-order valence-corrected chi connectivity index (χ4v) is 4.50. The molecular weight excluding hydrogens is 390 g/mol. The Morgan fingerprint density at radius 1 is 1.17 bits per heavy atom. The van der Waals surface area contributed by atoms with Gasteiger partial charge in [-0.05, 0) is 55.3 Å². The Bertz CT molecular complexity index is 1060. The van der Waals surface area contributed by atoms with Crippen LogP contribution in [0.2, 0.25) is 0 Å². The second kappa shape index (κ2) is 7.87. The first-order chi connectivity index (χ1) is 13.6. The average molecular weight is 416 g/mol. The number of methoxy groups -OCH3 is 1. The number of amidine groups is 1. The van der Waals surface area contributed by atoms with E-state index in [9.17, 15) is 13.2 Å². The smallest absolute Gasteiger partial charge is 0.286 e. The van der Waals surface area contributed by atoms with Gasteiger partial charge < -0.3 is 14.5 Å². The summed E-state index contributed by atoms with van der Waals surface area (Å²) in [5, 5.41) is 0. The van der Waals surface area contributed by atoms with Crippen LogP contribution in [0.3, 0.4) is 0 Å². The Balaban J connectivity index is 1.98. The van der Waals surface area contributed by atoms with Gasteiger partial charge in [-0.1, -0.05) is 13.8 Å². The van der Waals surface area contributed by atoms with E-state index in [0.717, 1.165) is 0 Å². The van der Waals surface area contributed by atoms with Crippen molar-refractivity contribution in [1.82, 2.24) is 0 Å². The fourth-order valence-electron chi connectivity index (χ4n) is 3.24. The van der Waals surface area contributed by atoms with Gasteiger partial charge in [-0.3, -0.25) is 4.79 Å². The molecule has 0 N–H and O–H groups in total. The first-order valence-electron chi connectivity index (χ1n) is 9.29. The molecule has 2 aromatic rings. The highest BCUT2D eigenvalue weighted by molar-refractivity contribution is 7.90. The van der Waals surface area contributed by atoms with E-state index < -0.39 is 10.0 Å². The minimum Gasteiger partial charge on any atom is -0.497 e. The highest BCUT2D eigenvalue weighted by Crippen LogP contribution is 2.33. The van der Waals surface area contributed by atoms with Crippen LogP contribution in [0.5, 0.6) is 5.75 Å². The van der Waals surface area contributed by atoms with Gasteiger partial charge in [0, 0.05) is 24.8 Å². The lowest BCUT2D eigenvalue weighted by molar-refractivity contribution is 0.0993. The number of nitrogens with zero attached hydrogens (tertiary/aromatic N) is 3. The Hall–Kier alpha value is -2.87. The predicted molar refractivity (Wildman–Crippen MR) is 115 cm³/mol. The maximum Gasteiger partial charge on any atom is 0.286 e. The highest BCUT2D eigenvalue weighted by atomic mass is 32.2. The van der Waals surface area contributed by atoms with E-state index in [2.05, 4.69) is 18.2 Å². The summed E-state index contributed by atoms with van der Waals surface area (Å²) < 4.78 is 34.3. The van der Waals surface area contributed by atoms with Crippen molar-refractivity contribution in [2.24, 2.45) is 10.3 Å². The number of rotatable bonds is 5. The summed E-state index contributed by atoms with van der Waals surface area (Å²) in [6.45, 7) is 6.42. The van der Waals surface area contributed by atoms with Gasteiger partial charge in [0.15, 0.2) is 0 Å². The summed E-state index contributed by atoms with van der Waals surface area (Å²) in [5.74, 6) is 1.12. The lowest BCUT2D eigenvalue weighted by Crippen LogP contribution is -2.37. The zero-order chi connectivity index (χ0) is 21.3. The lowest BCUT2D eigenvalue weighted by atomic mass is 10.1. The number of carbonyl (C=O) groups is 1. The number of carbonyl (C=O) groups excluding carboxylic acids is 1. The molecule has 1 heterocycles. The summed E-state index contributed by atoms with van der Waals surface area (Å²) in [4.78, 5) is 16.4. The summed E-state index contributed by atoms with van der Waals surface area (Å²) in [6.07, 6.45) is 0. The van der Waals surface area contributed by atoms with Crippen molar-refractivity contribution in [3.05, 3.63) is 48.0 Å². The van der Waals surface area contributed by atoms with Crippen LogP contribution in [-0.4, -0.2) is 40.9 Å². The molecule has 1 amide bonds. The van der Waals surface area contributed by atoms with E-state index in [0.29, 0.717) is 35.4 Å². The van der Waals surface area contributed by atoms with Gasteiger partial charge in [0.2, 0.25) is 0 Å². The number of fused-ring (bicyclic) bond motifs is 1. The summed E-state index contributed by atoms with van der Waals surface area (Å²) in [7, 11) is -0.638. The molecule has 0 radical (unpaired) electrons. The predicted octanol–water partition coefficient (Wildman–Crippen LogP) is 3.55. The van der Waals surface area contributed by atoms with E-state index in [1.165, 1.54) is 11.0 Å². The van der Waals surface area contributed by atoms with Gasteiger partial charge >= 0.3 is 0 Å². The molecule has 1 aliphatic rings. The van der Waals surface area contributed by atoms with E-state index in [1.807, 2.05) is 4.90 Å². The average Bonchev–Trinajstić information content (AvgIpc) is 2.69. The molecule has 0 aliphatic carbocycles. The molecule has 0 spiro atoms. The largest absolute Gasteiger partial charge is 0.497 e. The van der Waals surface area contributed by atoms with Gasteiger partial charge in [0.1, 0.15) is 16.5 Å². The van der Waals surface area contributed by atoms with Gasteiger partial charge in [-0.15, -0.1) is 4.40 Å². The molecule has 0 atom stereocenters. The van der Waals surface area contributed by atoms with Crippen molar-refractivity contribution in [1.29, 1.82) is 0 Å². The highest BCUT2D eigenvalue weighted by Gasteiger charge is 2.30. The van der Waals surface area contributed by atoms with E-state index in [1.54, 1.807) is 57.5 Å². The van der Waals surface area contributed by atoms with Crippen LogP contribution < -0.4 is 14.5 Å². The number of anilines is 2. The molecule has 0 bridgehead atoms. The number of benzene rings is 2. The van der Waals surface area contributed by atoms with Crippen LogP contribution in [0.1, 0.15) is 31.1 Å². The zero-order valence-electron chi connectivity index (χ0n) is 17.2. The Kier molecular flexibility index (Phi) is 5.66. The third-order valence-electron chi connectivity index (χ3n) is 4.73. The molecule has 154 valence electrons. The standard InChI is InChI=1S/C21H25N3O4S/c1-14(2)13-24-15(3)22-29(26,27)20-12-16(6-11-19(20)24)21(25)23(4)17-7-9-18(28-5)10-8-17/h6-12,14H,13H2,1-5H3.